The van der Waals surface area contributed by atoms with Gasteiger partial charge in [-0.1, -0.05) is 0 Å². The van der Waals surface area contributed by atoms with Crippen LogP contribution in [0.3, 0.4) is 0 Å². The molecule has 98 valence electrons. The van der Waals surface area contributed by atoms with Crippen LogP contribution >= 0.6 is 0 Å². The van der Waals surface area contributed by atoms with Crippen LogP contribution in [0.2, 0.25) is 0 Å². The minimum Gasteiger partial charge on any atom is -0.481 e. The first kappa shape index (κ1) is 13.8. The highest BCUT2D eigenvalue weighted by Gasteiger charge is 2.33. The molecule has 0 saturated heterocycles. The van der Waals surface area contributed by atoms with Gasteiger partial charge in [-0.25, -0.2) is 4.79 Å². The van der Waals surface area contributed by atoms with Gasteiger partial charge in [0, 0.05) is 19.1 Å². The Morgan fingerprint density at radius 2 is 1.82 bits per heavy atom. The average Bonchev–Trinajstić information content (AvgIpc) is 3.09. The van der Waals surface area contributed by atoms with E-state index in [2.05, 4.69) is 5.32 Å². The van der Waals surface area contributed by atoms with E-state index in [4.69, 9.17) is 5.11 Å². The predicted octanol–water partition coefficient (Wildman–Crippen LogP) is 1.54. The third-order valence-corrected chi connectivity index (χ3v) is 3.73. The lowest BCUT2D eigenvalue weighted by atomic mass is 10.0. The number of carboxylic acids is 1. The first-order chi connectivity index (χ1) is 7.84. The highest BCUT2D eigenvalue weighted by Crippen LogP contribution is 2.34. The number of hydrogen-bond donors (Lipinski definition) is 2. The molecule has 1 aliphatic carbocycles. The topological polar surface area (TPSA) is 69.6 Å². The summed E-state index contributed by atoms with van der Waals surface area (Å²) in [6.45, 7) is 5.34. The van der Waals surface area contributed by atoms with Crippen molar-refractivity contribution in [2.24, 2.45) is 11.8 Å². The van der Waals surface area contributed by atoms with Gasteiger partial charge in [0.1, 0.15) is 0 Å². The number of carboxylic acid groups (broad SMARTS) is 1. The maximum Gasteiger partial charge on any atom is 0.317 e. The zero-order valence-electron chi connectivity index (χ0n) is 10.9. The van der Waals surface area contributed by atoms with Gasteiger partial charge in [-0.2, -0.15) is 0 Å². The normalized spacial score (nSPS) is 20.2. The zero-order chi connectivity index (χ0) is 13.2. The Labute approximate surface area is 102 Å². The maximum atomic E-state index is 11.9. The zero-order valence-corrected chi connectivity index (χ0v) is 10.9. The SMILES string of the molecule is CC(NC(=O)N(C)C(C)C1CC1)C(C)C(=O)O. The first-order valence-corrected chi connectivity index (χ1v) is 6.10. The lowest BCUT2D eigenvalue weighted by molar-refractivity contribution is -0.141. The molecular formula is C12H22N2O3. The van der Waals surface area contributed by atoms with Crippen molar-refractivity contribution in [3.05, 3.63) is 0 Å². The first-order valence-electron chi connectivity index (χ1n) is 6.10. The number of carbonyl (C=O) groups excluding carboxylic acids is 1. The summed E-state index contributed by atoms with van der Waals surface area (Å²) in [4.78, 5) is 24.3. The fourth-order valence-corrected chi connectivity index (χ4v) is 1.72. The summed E-state index contributed by atoms with van der Waals surface area (Å²) in [6.07, 6.45) is 2.36. The minimum atomic E-state index is -0.893. The molecule has 1 saturated carbocycles. The molecule has 0 aliphatic heterocycles. The third kappa shape index (κ3) is 3.61. The fraction of sp³-hybridized carbons (Fsp3) is 0.833. The number of carbonyl (C=O) groups is 2. The van der Waals surface area contributed by atoms with Crippen LogP contribution < -0.4 is 5.32 Å². The molecule has 2 amide bonds. The number of nitrogens with zero attached hydrogens (tertiary/aromatic N) is 1. The highest BCUT2D eigenvalue weighted by atomic mass is 16.4. The van der Waals surface area contributed by atoms with Gasteiger partial charge in [-0.05, 0) is 39.5 Å². The summed E-state index contributed by atoms with van der Waals surface area (Å²) >= 11 is 0. The Morgan fingerprint density at radius 3 is 2.24 bits per heavy atom. The second kappa shape index (κ2) is 5.38. The van der Waals surface area contributed by atoms with E-state index < -0.39 is 11.9 Å². The van der Waals surface area contributed by atoms with Crippen molar-refractivity contribution in [1.82, 2.24) is 10.2 Å². The number of nitrogens with one attached hydrogen (secondary N) is 1. The molecule has 0 aromatic carbocycles. The molecule has 0 heterocycles. The molecule has 1 rings (SSSR count). The Morgan fingerprint density at radius 1 is 1.29 bits per heavy atom. The van der Waals surface area contributed by atoms with Gasteiger partial charge in [-0.15, -0.1) is 0 Å². The molecule has 5 nitrogen and oxygen atoms in total. The number of urea groups is 1. The molecule has 17 heavy (non-hydrogen) atoms. The maximum absolute atomic E-state index is 11.9. The van der Waals surface area contributed by atoms with Gasteiger partial charge < -0.3 is 15.3 Å². The van der Waals surface area contributed by atoms with Crippen molar-refractivity contribution in [3.63, 3.8) is 0 Å². The van der Waals surface area contributed by atoms with Gasteiger partial charge >= 0.3 is 12.0 Å². The molecule has 1 aliphatic rings. The van der Waals surface area contributed by atoms with E-state index in [1.54, 1.807) is 25.8 Å². The van der Waals surface area contributed by atoms with Crippen molar-refractivity contribution in [3.8, 4) is 0 Å². The summed E-state index contributed by atoms with van der Waals surface area (Å²) in [7, 11) is 1.76. The van der Waals surface area contributed by atoms with Crippen molar-refractivity contribution in [1.29, 1.82) is 0 Å². The summed E-state index contributed by atoms with van der Waals surface area (Å²) in [5, 5.41) is 11.6. The van der Waals surface area contributed by atoms with Gasteiger partial charge in [0.05, 0.1) is 5.92 Å². The van der Waals surface area contributed by atoms with Crippen LogP contribution in [-0.2, 0) is 4.79 Å². The molecule has 3 unspecified atom stereocenters. The van der Waals surface area contributed by atoms with Crippen LogP contribution in [-0.4, -0.2) is 41.1 Å². The smallest absolute Gasteiger partial charge is 0.317 e. The average molecular weight is 242 g/mol. The van der Waals surface area contributed by atoms with Crippen molar-refractivity contribution >= 4 is 12.0 Å². The molecule has 0 bridgehead atoms. The molecule has 0 aromatic heterocycles. The minimum absolute atomic E-state index is 0.190. The number of rotatable bonds is 5. The largest absolute Gasteiger partial charge is 0.481 e. The summed E-state index contributed by atoms with van der Waals surface area (Å²) < 4.78 is 0. The third-order valence-electron chi connectivity index (χ3n) is 3.73. The molecule has 0 spiro atoms. The van der Waals surface area contributed by atoms with Crippen LogP contribution in [0.1, 0.15) is 33.6 Å². The van der Waals surface area contributed by atoms with Crippen molar-refractivity contribution < 1.29 is 14.7 Å². The summed E-state index contributed by atoms with van der Waals surface area (Å²) in [5.41, 5.74) is 0. The molecule has 3 atom stereocenters. The monoisotopic (exact) mass is 242 g/mol. The van der Waals surface area contributed by atoms with Crippen LogP contribution in [0.15, 0.2) is 0 Å². The lowest BCUT2D eigenvalue weighted by Gasteiger charge is -2.28. The summed E-state index contributed by atoms with van der Waals surface area (Å²) in [6, 6.07) is -0.332. The number of amides is 2. The lowest BCUT2D eigenvalue weighted by Crippen LogP contribution is -2.49. The van der Waals surface area contributed by atoms with E-state index in [1.807, 2.05) is 6.92 Å². The molecule has 0 aromatic rings. The van der Waals surface area contributed by atoms with E-state index in [0.29, 0.717) is 5.92 Å². The second-order valence-corrected chi connectivity index (χ2v) is 5.05. The van der Waals surface area contributed by atoms with Crippen LogP contribution in [0.25, 0.3) is 0 Å². The van der Waals surface area contributed by atoms with Gasteiger partial charge in [0.15, 0.2) is 0 Å². The fourth-order valence-electron chi connectivity index (χ4n) is 1.72. The predicted molar refractivity (Wildman–Crippen MR) is 64.7 cm³/mol. The molecular weight excluding hydrogens is 220 g/mol. The van der Waals surface area contributed by atoms with Crippen LogP contribution in [0.5, 0.6) is 0 Å². The van der Waals surface area contributed by atoms with E-state index in [0.717, 1.165) is 0 Å². The highest BCUT2D eigenvalue weighted by molar-refractivity contribution is 5.76. The van der Waals surface area contributed by atoms with E-state index in [1.165, 1.54) is 12.8 Å². The van der Waals surface area contributed by atoms with Crippen molar-refractivity contribution in [2.45, 2.75) is 45.7 Å². The van der Waals surface area contributed by atoms with E-state index in [-0.39, 0.29) is 18.1 Å². The van der Waals surface area contributed by atoms with Gasteiger partial charge in [0.2, 0.25) is 0 Å². The Balaban J connectivity index is 2.44. The second-order valence-electron chi connectivity index (χ2n) is 5.05. The molecule has 1 fully saturated rings. The molecule has 5 heteroatoms. The Hall–Kier alpha value is -1.26. The number of hydrogen-bond acceptors (Lipinski definition) is 2. The van der Waals surface area contributed by atoms with Gasteiger partial charge in [0.25, 0.3) is 0 Å². The number of aliphatic carboxylic acids is 1. The Bertz CT molecular complexity index is 302. The van der Waals surface area contributed by atoms with Crippen molar-refractivity contribution in [2.75, 3.05) is 7.05 Å². The summed E-state index contributed by atoms with van der Waals surface area (Å²) in [5.74, 6) is -0.864. The molecule has 0 radical (unpaired) electrons. The van der Waals surface area contributed by atoms with E-state index in [9.17, 15) is 9.59 Å². The van der Waals surface area contributed by atoms with E-state index >= 15 is 0 Å². The Kier molecular flexibility index (Phi) is 4.37. The molecule has 2 N–H and O–H groups in total. The van der Waals surface area contributed by atoms with Crippen LogP contribution in [0, 0.1) is 11.8 Å². The standard InChI is InChI=1S/C12H22N2O3/c1-7(11(15)16)8(2)13-12(17)14(4)9(3)10-5-6-10/h7-10H,5-6H2,1-4H3,(H,13,17)(H,15,16). The van der Waals surface area contributed by atoms with Gasteiger partial charge in [-0.3, -0.25) is 4.79 Å². The quantitative estimate of drug-likeness (QED) is 0.768. The van der Waals surface area contributed by atoms with Crippen LogP contribution in [0.4, 0.5) is 4.79 Å².